The van der Waals surface area contributed by atoms with Crippen molar-refractivity contribution in [3.63, 3.8) is 0 Å². The fourth-order valence-electron chi connectivity index (χ4n) is 3.39. The Morgan fingerprint density at radius 1 is 1.10 bits per heavy atom. The van der Waals surface area contributed by atoms with Crippen molar-refractivity contribution in [1.29, 1.82) is 0 Å². The van der Waals surface area contributed by atoms with Crippen LogP contribution in [0.4, 0.5) is 5.69 Å². The number of hydrogen-bond donors (Lipinski definition) is 2. The van der Waals surface area contributed by atoms with Crippen LogP contribution >= 0.6 is 15.9 Å². The summed E-state index contributed by atoms with van der Waals surface area (Å²) in [6.07, 6.45) is 2.39. The molecule has 0 unspecified atom stereocenters. The van der Waals surface area contributed by atoms with Gasteiger partial charge >= 0.3 is 0 Å². The first-order chi connectivity index (χ1) is 14.6. The number of nitrogens with one attached hydrogen (secondary N) is 2. The SMILES string of the molecule is O=C(NN1C(=O)c2cc(Br)ccc2N[C@@H]1c1ccc2c(c1)OCO2)c1ccncc1. The summed E-state index contributed by atoms with van der Waals surface area (Å²) in [7, 11) is 0. The number of rotatable bonds is 3. The Morgan fingerprint density at radius 2 is 1.90 bits per heavy atom. The van der Waals surface area contributed by atoms with Crippen LogP contribution in [-0.2, 0) is 0 Å². The van der Waals surface area contributed by atoms with Crippen molar-refractivity contribution >= 4 is 33.4 Å². The van der Waals surface area contributed by atoms with Gasteiger partial charge in [-0.1, -0.05) is 22.0 Å². The molecule has 0 aliphatic carbocycles. The van der Waals surface area contributed by atoms with Gasteiger partial charge in [0, 0.05) is 33.7 Å². The number of nitrogens with zero attached hydrogens (tertiary/aromatic N) is 2. The molecule has 3 heterocycles. The monoisotopic (exact) mass is 466 g/mol. The van der Waals surface area contributed by atoms with Crippen molar-refractivity contribution in [3.05, 3.63) is 82.1 Å². The number of benzene rings is 2. The van der Waals surface area contributed by atoms with Gasteiger partial charge in [-0.05, 0) is 42.5 Å². The molecule has 0 saturated carbocycles. The molecule has 3 aromatic rings. The van der Waals surface area contributed by atoms with E-state index in [1.165, 1.54) is 17.4 Å². The number of hydrazine groups is 1. The van der Waals surface area contributed by atoms with Gasteiger partial charge in [-0.3, -0.25) is 20.0 Å². The van der Waals surface area contributed by atoms with Crippen molar-refractivity contribution in [3.8, 4) is 11.5 Å². The van der Waals surface area contributed by atoms with Crippen molar-refractivity contribution in [2.45, 2.75) is 6.17 Å². The summed E-state index contributed by atoms with van der Waals surface area (Å²) in [6, 6.07) is 13.9. The van der Waals surface area contributed by atoms with E-state index in [0.717, 1.165) is 10.0 Å². The average molecular weight is 467 g/mol. The lowest BCUT2D eigenvalue weighted by Gasteiger charge is -2.37. The highest BCUT2D eigenvalue weighted by atomic mass is 79.9. The van der Waals surface area contributed by atoms with Crippen molar-refractivity contribution in [2.75, 3.05) is 12.1 Å². The molecule has 2 aliphatic heterocycles. The van der Waals surface area contributed by atoms with Crippen LogP contribution in [0.2, 0.25) is 0 Å². The fraction of sp³-hybridized carbons (Fsp3) is 0.0952. The van der Waals surface area contributed by atoms with E-state index < -0.39 is 12.1 Å². The second-order valence-electron chi connectivity index (χ2n) is 6.70. The van der Waals surface area contributed by atoms with Crippen molar-refractivity contribution in [2.24, 2.45) is 0 Å². The molecule has 2 N–H and O–H groups in total. The lowest BCUT2D eigenvalue weighted by molar-refractivity contribution is 0.0490. The molecule has 150 valence electrons. The van der Waals surface area contributed by atoms with Crippen LogP contribution in [0.3, 0.4) is 0 Å². The van der Waals surface area contributed by atoms with Gasteiger partial charge in [0.25, 0.3) is 11.8 Å². The standard InChI is InChI=1S/C21H15BrN4O4/c22-14-2-3-16-15(10-14)21(28)26(25-20(27)12-5-7-23-8-6-12)19(24-16)13-1-4-17-18(9-13)30-11-29-17/h1-10,19,24H,11H2,(H,25,27)/t19-/m0/s1. The Morgan fingerprint density at radius 3 is 2.73 bits per heavy atom. The van der Waals surface area contributed by atoms with Crippen LogP contribution in [0, 0.1) is 0 Å². The highest BCUT2D eigenvalue weighted by molar-refractivity contribution is 9.10. The zero-order chi connectivity index (χ0) is 20.7. The second kappa shape index (κ2) is 7.34. The molecular weight excluding hydrogens is 452 g/mol. The molecule has 30 heavy (non-hydrogen) atoms. The van der Waals surface area contributed by atoms with Crippen LogP contribution in [0.1, 0.15) is 32.4 Å². The zero-order valence-corrected chi connectivity index (χ0v) is 17.0. The van der Waals surface area contributed by atoms with Crippen molar-refractivity contribution in [1.82, 2.24) is 15.4 Å². The number of halogens is 1. The molecule has 5 rings (SSSR count). The minimum Gasteiger partial charge on any atom is -0.454 e. The number of aromatic nitrogens is 1. The van der Waals surface area contributed by atoms with Crippen LogP contribution in [0.25, 0.3) is 0 Å². The third-order valence-corrected chi connectivity index (χ3v) is 5.35. The van der Waals surface area contributed by atoms with E-state index in [9.17, 15) is 9.59 Å². The summed E-state index contributed by atoms with van der Waals surface area (Å²) in [5, 5.41) is 4.62. The average Bonchev–Trinajstić information content (AvgIpc) is 3.24. The van der Waals surface area contributed by atoms with Gasteiger partial charge in [0.05, 0.1) is 5.56 Å². The lowest BCUT2D eigenvalue weighted by atomic mass is 10.0. The number of anilines is 1. The van der Waals surface area contributed by atoms with Gasteiger partial charge in [-0.15, -0.1) is 0 Å². The summed E-state index contributed by atoms with van der Waals surface area (Å²) < 4.78 is 11.6. The summed E-state index contributed by atoms with van der Waals surface area (Å²) in [4.78, 5) is 30.0. The zero-order valence-electron chi connectivity index (χ0n) is 15.5. The van der Waals surface area contributed by atoms with Gasteiger partial charge in [0.2, 0.25) is 6.79 Å². The van der Waals surface area contributed by atoms with Crippen LogP contribution in [0.5, 0.6) is 11.5 Å². The van der Waals surface area contributed by atoms with E-state index in [1.807, 2.05) is 18.2 Å². The molecule has 1 aromatic heterocycles. The van der Waals surface area contributed by atoms with Gasteiger partial charge in [0.15, 0.2) is 11.5 Å². The van der Waals surface area contributed by atoms with Gasteiger partial charge in [-0.25, -0.2) is 5.01 Å². The number of amides is 2. The number of hydrogen-bond acceptors (Lipinski definition) is 6. The predicted octanol–water partition coefficient (Wildman–Crippen LogP) is 3.48. The Kier molecular flexibility index (Phi) is 4.51. The quantitative estimate of drug-likeness (QED) is 0.613. The highest BCUT2D eigenvalue weighted by Gasteiger charge is 2.35. The minimum absolute atomic E-state index is 0.148. The van der Waals surface area contributed by atoms with Crippen molar-refractivity contribution < 1.29 is 19.1 Å². The Hall–Kier alpha value is -3.59. The van der Waals surface area contributed by atoms with Gasteiger partial charge < -0.3 is 14.8 Å². The first kappa shape index (κ1) is 18.4. The van der Waals surface area contributed by atoms with Gasteiger partial charge in [0.1, 0.15) is 6.17 Å². The van der Waals surface area contributed by atoms with E-state index in [0.29, 0.717) is 28.3 Å². The van der Waals surface area contributed by atoms with E-state index in [1.54, 1.807) is 30.3 Å². The topological polar surface area (TPSA) is 92.8 Å². The molecule has 9 heteroatoms. The molecule has 0 radical (unpaired) electrons. The first-order valence-corrected chi connectivity index (χ1v) is 9.90. The maximum atomic E-state index is 13.3. The third-order valence-electron chi connectivity index (χ3n) is 4.86. The Labute approximate surface area is 179 Å². The lowest BCUT2D eigenvalue weighted by Crippen LogP contribution is -2.52. The smallest absolute Gasteiger partial charge is 0.276 e. The van der Waals surface area contributed by atoms with Gasteiger partial charge in [-0.2, -0.15) is 0 Å². The highest BCUT2D eigenvalue weighted by Crippen LogP contribution is 2.38. The molecule has 2 aromatic carbocycles. The number of fused-ring (bicyclic) bond motifs is 2. The van der Waals surface area contributed by atoms with E-state index >= 15 is 0 Å². The molecule has 2 amide bonds. The molecule has 8 nitrogen and oxygen atoms in total. The molecule has 0 saturated heterocycles. The summed E-state index contributed by atoms with van der Waals surface area (Å²) in [5.41, 5.74) is 4.96. The van der Waals surface area contributed by atoms with Crippen LogP contribution in [-0.4, -0.2) is 28.6 Å². The summed E-state index contributed by atoms with van der Waals surface area (Å²) in [5.74, 6) is 0.466. The molecular formula is C21H15BrN4O4. The second-order valence-corrected chi connectivity index (χ2v) is 7.62. The number of ether oxygens (including phenoxy) is 2. The third kappa shape index (κ3) is 3.22. The summed E-state index contributed by atoms with van der Waals surface area (Å²) >= 11 is 3.40. The maximum absolute atomic E-state index is 13.3. The maximum Gasteiger partial charge on any atom is 0.276 e. The molecule has 0 spiro atoms. The van der Waals surface area contributed by atoms with Crippen LogP contribution < -0.4 is 20.2 Å². The number of carbonyl (C=O) groups excluding carboxylic acids is 2. The fourth-order valence-corrected chi connectivity index (χ4v) is 3.75. The number of pyridine rings is 1. The Bertz CT molecular complexity index is 1150. The van der Waals surface area contributed by atoms with E-state index in [4.69, 9.17) is 9.47 Å². The van der Waals surface area contributed by atoms with E-state index in [-0.39, 0.29) is 12.7 Å². The van der Waals surface area contributed by atoms with Crippen LogP contribution in [0.15, 0.2) is 65.4 Å². The first-order valence-electron chi connectivity index (χ1n) is 9.10. The molecule has 2 aliphatic rings. The number of carbonyl (C=O) groups is 2. The van der Waals surface area contributed by atoms with E-state index in [2.05, 4.69) is 31.7 Å². The predicted molar refractivity (Wildman–Crippen MR) is 111 cm³/mol. The molecule has 0 fully saturated rings. The normalized spacial score (nSPS) is 16.6. The minimum atomic E-state index is -0.647. The summed E-state index contributed by atoms with van der Waals surface area (Å²) in [6.45, 7) is 0.148. The molecule has 0 bridgehead atoms. The Balaban J connectivity index is 1.54. The largest absolute Gasteiger partial charge is 0.454 e. The molecule has 1 atom stereocenters.